The van der Waals surface area contributed by atoms with E-state index < -0.39 is 0 Å². The number of aromatic nitrogens is 4. The maximum atomic E-state index is 6.09. The molecule has 1 aliphatic carbocycles. The molecule has 0 bridgehead atoms. The van der Waals surface area contributed by atoms with Crippen LogP contribution < -0.4 is 10.6 Å². The Balaban J connectivity index is 1.51. The summed E-state index contributed by atoms with van der Waals surface area (Å²) in [5.41, 5.74) is 8.86. The van der Waals surface area contributed by atoms with Gasteiger partial charge in [0.05, 0.1) is 17.6 Å². The van der Waals surface area contributed by atoms with E-state index in [1.54, 1.807) is 11.3 Å². The number of hydrogen-bond donors (Lipinski definition) is 1. The van der Waals surface area contributed by atoms with Crippen molar-refractivity contribution >= 4 is 33.3 Å². The van der Waals surface area contributed by atoms with Gasteiger partial charge >= 0.3 is 0 Å². The van der Waals surface area contributed by atoms with Crippen molar-refractivity contribution < 1.29 is 0 Å². The van der Waals surface area contributed by atoms with Gasteiger partial charge in [-0.25, -0.2) is 9.97 Å². The minimum absolute atomic E-state index is 0.569. The first-order valence-corrected chi connectivity index (χ1v) is 9.00. The summed E-state index contributed by atoms with van der Waals surface area (Å²) in [5.74, 6) is 2.45. The molecule has 5 rings (SSSR count). The van der Waals surface area contributed by atoms with Crippen LogP contribution >= 0.6 is 11.3 Å². The summed E-state index contributed by atoms with van der Waals surface area (Å²) in [6.45, 7) is 2.64. The molecule has 4 heterocycles. The molecule has 0 radical (unpaired) electrons. The van der Waals surface area contributed by atoms with Gasteiger partial charge in [0, 0.05) is 18.8 Å². The van der Waals surface area contributed by atoms with Crippen LogP contribution in [0, 0.1) is 0 Å². The molecule has 0 atom stereocenters. The van der Waals surface area contributed by atoms with Crippen molar-refractivity contribution in [1.29, 1.82) is 0 Å². The quantitative estimate of drug-likeness (QED) is 0.743. The lowest BCUT2D eigenvalue weighted by Gasteiger charge is -2.29. The first kappa shape index (κ1) is 13.3. The van der Waals surface area contributed by atoms with Gasteiger partial charge in [-0.05, 0) is 37.1 Å². The lowest BCUT2D eigenvalue weighted by Crippen LogP contribution is -2.35. The molecule has 118 valence electrons. The first-order chi connectivity index (χ1) is 11.3. The summed E-state index contributed by atoms with van der Waals surface area (Å²) < 4.78 is 2.41. The minimum atomic E-state index is 0.569. The van der Waals surface area contributed by atoms with Crippen molar-refractivity contribution in [3.8, 4) is 0 Å². The van der Waals surface area contributed by atoms with Gasteiger partial charge in [-0.15, -0.1) is 11.3 Å². The van der Waals surface area contributed by atoms with Crippen LogP contribution in [-0.2, 0) is 25.9 Å². The third kappa shape index (κ3) is 2.03. The van der Waals surface area contributed by atoms with Gasteiger partial charge in [-0.3, -0.25) is 0 Å². The number of aryl methyl sites for hydroxylation is 1. The second-order valence-corrected chi connectivity index (χ2v) is 7.14. The number of hydrogen-bond acceptors (Lipinski definition) is 6. The standard InChI is InChI=1S/C16H18N6S/c17-14-10-5-8-23-15(10)20-16(19-14)21-6-7-22-12-4-2-1-3-11(12)18-13(22)9-21/h5,8H,1-4,6-7,9H2,(H2,17,19,20). The third-order valence-electron chi connectivity index (χ3n) is 4.86. The highest BCUT2D eigenvalue weighted by Gasteiger charge is 2.26. The van der Waals surface area contributed by atoms with Crippen LogP contribution in [0.2, 0.25) is 0 Å². The minimum Gasteiger partial charge on any atom is -0.383 e. The van der Waals surface area contributed by atoms with Gasteiger partial charge in [0.25, 0.3) is 0 Å². The van der Waals surface area contributed by atoms with E-state index in [9.17, 15) is 0 Å². The third-order valence-corrected chi connectivity index (χ3v) is 5.67. The van der Waals surface area contributed by atoms with Crippen LogP contribution in [-0.4, -0.2) is 26.1 Å². The molecule has 6 nitrogen and oxygen atoms in total. The van der Waals surface area contributed by atoms with Gasteiger partial charge in [0.1, 0.15) is 16.5 Å². The Morgan fingerprint density at radius 1 is 1.09 bits per heavy atom. The Labute approximate surface area is 138 Å². The van der Waals surface area contributed by atoms with Gasteiger partial charge in [0.15, 0.2) is 0 Å². The van der Waals surface area contributed by atoms with Crippen LogP contribution in [0.5, 0.6) is 0 Å². The Morgan fingerprint density at radius 3 is 2.96 bits per heavy atom. The molecular formula is C16H18N6S. The van der Waals surface area contributed by atoms with E-state index in [1.807, 2.05) is 11.4 Å². The van der Waals surface area contributed by atoms with Crippen LogP contribution in [0.4, 0.5) is 11.8 Å². The molecule has 0 saturated carbocycles. The summed E-state index contributed by atoms with van der Waals surface area (Å²) in [4.78, 5) is 17.2. The molecule has 0 unspecified atom stereocenters. The normalized spacial score (nSPS) is 17.3. The van der Waals surface area contributed by atoms with Crippen molar-refractivity contribution in [3.05, 3.63) is 28.7 Å². The van der Waals surface area contributed by atoms with Crippen molar-refractivity contribution in [2.45, 2.75) is 38.8 Å². The number of thiophene rings is 1. The number of nitrogens with two attached hydrogens (primary N) is 1. The fourth-order valence-electron chi connectivity index (χ4n) is 3.69. The fourth-order valence-corrected chi connectivity index (χ4v) is 4.46. The monoisotopic (exact) mass is 326 g/mol. The molecule has 0 fully saturated rings. The van der Waals surface area contributed by atoms with E-state index in [-0.39, 0.29) is 0 Å². The number of nitrogen functional groups attached to an aromatic ring is 1. The zero-order valence-electron chi connectivity index (χ0n) is 12.8. The summed E-state index contributed by atoms with van der Waals surface area (Å²) in [7, 11) is 0. The maximum Gasteiger partial charge on any atom is 0.229 e. The predicted octanol–water partition coefficient (Wildman–Crippen LogP) is 2.37. The summed E-state index contributed by atoms with van der Waals surface area (Å²) in [6.07, 6.45) is 4.85. The number of anilines is 2. The van der Waals surface area contributed by atoms with Gasteiger partial charge < -0.3 is 15.2 Å². The zero-order valence-corrected chi connectivity index (χ0v) is 13.6. The van der Waals surface area contributed by atoms with E-state index in [4.69, 9.17) is 15.7 Å². The molecule has 1 aliphatic heterocycles. The highest BCUT2D eigenvalue weighted by Crippen LogP contribution is 2.29. The SMILES string of the molecule is Nc1nc(N2CCn3c(nc4c3CCCC4)C2)nc2sccc12. The topological polar surface area (TPSA) is 72.9 Å². The second-order valence-electron chi connectivity index (χ2n) is 6.25. The Kier molecular flexibility index (Phi) is 2.85. The average Bonchev–Trinajstić information content (AvgIpc) is 3.18. The largest absolute Gasteiger partial charge is 0.383 e. The fraction of sp³-hybridized carbons (Fsp3) is 0.438. The Morgan fingerprint density at radius 2 is 2.00 bits per heavy atom. The lowest BCUT2D eigenvalue weighted by atomic mass is 10.0. The first-order valence-electron chi connectivity index (χ1n) is 8.12. The highest BCUT2D eigenvalue weighted by molar-refractivity contribution is 7.16. The molecule has 0 saturated heterocycles. The zero-order chi connectivity index (χ0) is 15.4. The van der Waals surface area contributed by atoms with Crippen molar-refractivity contribution in [3.63, 3.8) is 0 Å². The molecule has 3 aromatic rings. The number of rotatable bonds is 1. The molecule has 7 heteroatoms. The van der Waals surface area contributed by atoms with E-state index in [2.05, 4.69) is 14.5 Å². The number of imidazole rings is 1. The van der Waals surface area contributed by atoms with Crippen molar-refractivity contribution in [1.82, 2.24) is 19.5 Å². The Bertz CT molecular complexity index is 895. The maximum absolute atomic E-state index is 6.09. The number of nitrogens with zero attached hydrogens (tertiary/aromatic N) is 5. The van der Waals surface area contributed by atoms with Crippen LogP contribution in [0.15, 0.2) is 11.4 Å². The van der Waals surface area contributed by atoms with Crippen LogP contribution in [0.25, 0.3) is 10.2 Å². The van der Waals surface area contributed by atoms with E-state index in [0.29, 0.717) is 5.82 Å². The van der Waals surface area contributed by atoms with Gasteiger partial charge in [-0.2, -0.15) is 4.98 Å². The van der Waals surface area contributed by atoms with E-state index >= 15 is 0 Å². The molecule has 0 spiro atoms. The predicted molar refractivity (Wildman–Crippen MR) is 91.7 cm³/mol. The number of fused-ring (bicyclic) bond motifs is 4. The van der Waals surface area contributed by atoms with Crippen LogP contribution in [0.3, 0.4) is 0 Å². The second kappa shape index (κ2) is 4.92. The molecule has 2 N–H and O–H groups in total. The molecule has 0 aromatic carbocycles. The molecule has 2 aliphatic rings. The smallest absolute Gasteiger partial charge is 0.229 e. The molecule has 3 aromatic heterocycles. The molecular weight excluding hydrogens is 308 g/mol. The summed E-state index contributed by atoms with van der Waals surface area (Å²) >= 11 is 1.61. The van der Waals surface area contributed by atoms with Gasteiger partial charge in [0.2, 0.25) is 5.95 Å². The van der Waals surface area contributed by atoms with E-state index in [0.717, 1.165) is 48.0 Å². The molecule has 0 amide bonds. The summed E-state index contributed by atoms with van der Waals surface area (Å²) in [6, 6.07) is 1.98. The lowest BCUT2D eigenvalue weighted by molar-refractivity contribution is 0.528. The highest BCUT2D eigenvalue weighted by atomic mass is 32.1. The average molecular weight is 326 g/mol. The molecule has 23 heavy (non-hydrogen) atoms. The van der Waals surface area contributed by atoms with Crippen LogP contribution in [0.1, 0.15) is 30.1 Å². The van der Waals surface area contributed by atoms with Crippen molar-refractivity contribution in [2.75, 3.05) is 17.2 Å². The van der Waals surface area contributed by atoms with Crippen molar-refractivity contribution in [2.24, 2.45) is 0 Å². The Hall–Kier alpha value is -2.15. The van der Waals surface area contributed by atoms with E-state index in [1.165, 1.54) is 30.7 Å². The summed E-state index contributed by atoms with van der Waals surface area (Å²) in [5, 5.41) is 2.96. The van der Waals surface area contributed by atoms with Gasteiger partial charge in [-0.1, -0.05) is 0 Å².